The van der Waals surface area contributed by atoms with Crippen molar-refractivity contribution in [3.63, 3.8) is 0 Å². The van der Waals surface area contributed by atoms with E-state index in [2.05, 4.69) is 10.1 Å². The number of amides is 1. The Morgan fingerprint density at radius 2 is 2.11 bits per heavy atom. The third-order valence-corrected chi connectivity index (χ3v) is 3.13. The van der Waals surface area contributed by atoms with E-state index in [4.69, 9.17) is 0 Å². The lowest BCUT2D eigenvalue weighted by molar-refractivity contribution is -0.145. The molecule has 1 amide bonds. The predicted molar refractivity (Wildman–Crippen MR) is 66.8 cm³/mol. The summed E-state index contributed by atoms with van der Waals surface area (Å²) < 4.78 is 18.2. The monoisotopic (exact) mass is 265 g/mol. The number of hydrogen-bond donors (Lipinski definition) is 1. The molecule has 0 saturated heterocycles. The zero-order valence-corrected chi connectivity index (χ0v) is 10.7. The van der Waals surface area contributed by atoms with E-state index in [0.29, 0.717) is 5.56 Å². The highest BCUT2D eigenvalue weighted by Gasteiger charge is 2.33. The molecule has 0 aliphatic heterocycles. The summed E-state index contributed by atoms with van der Waals surface area (Å²) in [6, 6.07) is 5.35. The molecule has 102 valence electrons. The van der Waals surface area contributed by atoms with Gasteiger partial charge in [-0.25, -0.2) is 9.18 Å². The second-order valence-electron chi connectivity index (χ2n) is 4.65. The van der Waals surface area contributed by atoms with Gasteiger partial charge in [-0.2, -0.15) is 0 Å². The minimum Gasteiger partial charge on any atom is -0.467 e. The highest BCUT2D eigenvalue weighted by atomic mass is 19.1. The molecule has 1 saturated carbocycles. The number of nitrogens with one attached hydrogen (secondary N) is 1. The highest BCUT2D eigenvalue weighted by Crippen LogP contribution is 2.29. The Labute approximate surface area is 110 Å². The minimum atomic E-state index is -0.838. The van der Waals surface area contributed by atoms with Crippen LogP contribution in [0.2, 0.25) is 0 Å². The molecule has 1 aliphatic carbocycles. The van der Waals surface area contributed by atoms with Crippen molar-refractivity contribution in [3.8, 4) is 0 Å². The van der Waals surface area contributed by atoms with Crippen LogP contribution in [0.25, 0.3) is 0 Å². The van der Waals surface area contributed by atoms with Crippen LogP contribution in [-0.4, -0.2) is 25.0 Å². The van der Waals surface area contributed by atoms with Crippen molar-refractivity contribution in [1.29, 1.82) is 0 Å². The average molecular weight is 265 g/mol. The Balaban J connectivity index is 2.07. The maximum absolute atomic E-state index is 13.6. The molecule has 1 N–H and O–H groups in total. The van der Waals surface area contributed by atoms with Gasteiger partial charge in [-0.3, -0.25) is 4.79 Å². The molecule has 1 aromatic carbocycles. The Kier molecular flexibility index (Phi) is 4.14. The zero-order chi connectivity index (χ0) is 13.8. The summed E-state index contributed by atoms with van der Waals surface area (Å²) in [4.78, 5) is 23.3. The summed E-state index contributed by atoms with van der Waals surface area (Å²) in [6.45, 7) is 0. The van der Waals surface area contributed by atoms with Crippen molar-refractivity contribution >= 4 is 11.9 Å². The second-order valence-corrected chi connectivity index (χ2v) is 4.65. The van der Waals surface area contributed by atoms with Gasteiger partial charge in [-0.05, 0) is 24.5 Å². The zero-order valence-electron chi connectivity index (χ0n) is 10.7. The number of hydrogen-bond acceptors (Lipinski definition) is 3. The van der Waals surface area contributed by atoms with Crippen LogP contribution in [0.1, 0.15) is 18.4 Å². The Morgan fingerprint density at radius 1 is 1.42 bits per heavy atom. The normalized spacial score (nSPS) is 15.7. The fraction of sp³-hybridized carbons (Fsp3) is 0.429. The van der Waals surface area contributed by atoms with Gasteiger partial charge in [-0.15, -0.1) is 0 Å². The molecule has 1 atom stereocenters. The predicted octanol–water partition coefficient (Wildman–Crippen LogP) is 1.44. The van der Waals surface area contributed by atoms with E-state index in [1.165, 1.54) is 13.2 Å². The van der Waals surface area contributed by atoms with Crippen LogP contribution in [0.4, 0.5) is 4.39 Å². The van der Waals surface area contributed by atoms with Gasteiger partial charge in [0.1, 0.15) is 11.9 Å². The van der Waals surface area contributed by atoms with Gasteiger partial charge in [0.15, 0.2) is 0 Å². The van der Waals surface area contributed by atoms with Crippen LogP contribution >= 0.6 is 0 Å². The van der Waals surface area contributed by atoms with E-state index >= 15 is 0 Å². The number of esters is 1. The van der Waals surface area contributed by atoms with E-state index < -0.39 is 17.8 Å². The molecule has 1 aromatic rings. The van der Waals surface area contributed by atoms with Crippen molar-refractivity contribution < 1.29 is 18.7 Å². The first-order chi connectivity index (χ1) is 9.11. The molecular weight excluding hydrogens is 249 g/mol. The van der Waals surface area contributed by atoms with Gasteiger partial charge >= 0.3 is 5.97 Å². The SMILES string of the molecule is COC(=O)[C@@H](Cc1ccccc1F)NC(=O)C1CC1. The summed E-state index contributed by atoms with van der Waals surface area (Å²) in [6.07, 6.45) is 1.79. The third-order valence-electron chi connectivity index (χ3n) is 3.13. The standard InChI is InChI=1S/C14H16FNO3/c1-19-14(18)12(16-13(17)9-6-7-9)8-10-4-2-3-5-11(10)15/h2-5,9,12H,6-8H2,1H3,(H,16,17)/t12-/m1/s1. The lowest BCUT2D eigenvalue weighted by Gasteiger charge is -2.16. The lowest BCUT2D eigenvalue weighted by atomic mass is 10.1. The minimum absolute atomic E-state index is 0.00669. The molecule has 1 fully saturated rings. The number of carbonyl (C=O) groups is 2. The number of benzene rings is 1. The maximum atomic E-state index is 13.6. The second kappa shape index (κ2) is 5.82. The molecule has 0 bridgehead atoms. The fourth-order valence-electron chi connectivity index (χ4n) is 1.85. The van der Waals surface area contributed by atoms with Gasteiger partial charge in [0, 0.05) is 12.3 Å². The number of halogens is 1. The summed E-state index contributed by atoms with van der Waals surface area (Å²) in [5, 5.41) is 2.63. The first-order valence-corrected chi connectivity index (χ1v) is 6.23. The van der Waals surface area contributed by atoms with Gasteiger partial charge < -0.3 is 10.1 Å². The number of methoxy groups -OCH3 is 1. The molecular formula is C14H16FNO3. The van der Waals surface area contributed by atoms with Crippen LogP contribution in [0, 0.1) is 11.7 Å². The van der Waals surface area contributed by atoms with E-state index in [1.807, 2.05) is 0 Å². The van der Waals surface area contributed by atoms with Crippen LogP contribution in [0.3, 0.4) is 0 Å². The molecule has 0 heterocycles. The summed E-state index contributed by atoms with van der Waals surface area (Å²) in [5.74, 6) is -1.12. The molecule has 0 radical (unpaired) electrons. The van der Waals surface area contributed by atoms with Gasteiger partial charge in [-0.1, -0.05) is 18.2 Å². The largest absolute Gasteiger partial charge is 0.467 e. The first-order valence-electron chi connectivity index (χ1n) is 6.23. The number of carbonyl (C=O) groups excluding carboxylic acids is 2. The first kappa shape index (κ1) is 13.5. The van der Waals surface area contributed by atoms with Crippen molar-refractivity contribution in [2.45, 2.75) is 25.3 Å². The van der Waals surface area contributed by atoms with Crippen LogP contribution < -0.4 is 5.32 Å². The smallest absolute Gasteiger partial charge is 0.328 e. The van der Waals surface area contributed by atoms with Gasteiger partial charge in [0.25, 0.3) is 0 Å². The maximum Gasteiger partial charge on any atom is 0.328 e. The molecule has 1 aliphatic rings. The molecule has 0 unspecified atom stereocenters. The Bertz CT molecular complexity index is 485. The summed E-state index contributed by atoms with van der Waals surface area (Å²) >= 11 is 0. The van der Waals surface area contributed by atoms with Crippen LogP contribution in [-0.2, 0) is 20.7 Å². The number of rotatable bonds is 5. The molecule has 0 aromatic heterocycles. The van der Waals surface area contributed by atoms with E-state index in [1.54, 1.807) is 18.2 Å². The molecule has 2 rings (SSSR count). The van der Waals surface area contributed by atoms with Crippen molar-refractivity contribution in [2.75, 3.05) is 7.11 Å². The number of ether oxygens (including phenoxy) is 1. The fourth-order valence-corrected chi connectivity index (χ4v) is 1.85. The summed E-state index contributed by atoms with van der Waals surface area (Å²) in [7, 11) is 1.25. The van der Waals surface area contributed by atoms with Crippen LogP contribution in [0.15, 0.2) is 24.3 Å². The van der Waals surface area contributed by atoms with Crippen molar-refractivity contribution in [3.05, 3.63) is 35.6 Å². The van der Waals surface area contributed by atoms with E-state index in [9.17, 15) is 14.0 Å². The Morgan fingerprint density at radius 3 is 2.68 bits per heavy atom. The molecule has 4 nitrogen and oxygen atoms in total. The quantitative estimate of drug-likeness (QED) is 0.819. The lowest BCUT2D eigenvalue weighted by Crippen LogP contribution is -2.43. The van der Waals surface area contributed by atoms with Crippen molar-refractivity contribution in [1.82, 2.24) is 5.32 Å². The molecule has 5 heteroatoms. The van der Waals surface area contributed by atoms with Crippen molar-refractivity contribution in [2.24, 2.45) is 5.92 Å². The van der Waals surface area contributed by atoms with E-state index in [-0.39, 0.29) is 18.2 Å². The van der Waals surface area contributed by atoms with Crippen LogP contribution in [0.5, 0.6) is 0 Å². The molecule has 0 spiro atoms. The van der Waals surface area contributed by atoms with Gasteiger partial charge in [0.2, 0.25) is 5.91 Å². The van der Waals surface area contributed by atoms with Gasteiger partial charge in [0.05, 0.1) is 7.11 Å². The molecule has 19 heavy (non-hydrogen) atoms. The third kappa shape index (κ3) is 3.53. The highest BCUT2D eigenvalue weighted by molar-refractivity contribution is 5.87. The summed E-state index contributed by atoms with van der Waals surface area (Å²) in [5.41, 5.74) is 0.383. The Hall–Kier alpha value is -1.91. The van der Waals surface area contributed by atoms with E-state index in [0.717, 1.165) is 12.8 Å². The topological polar surface area (TPSA) is 55.4 Å². The average Bonchev–Trinajstić information content (AvgIpc) is 3.23.